The normalized spacial score (nSPS) is 11.8. The van der Waals surface area contributed by atoms with Gasteiger partial charge in [-0.1, -0.05) is 30.1 Å². The Hall–Kier alpha value is -1.58. The number of benzene rings is 2. The molecule has 1 atom stereocenters. The van der Waals surface area contributed by atoms with E-state index >= 15 is 0 Å². The molecule has 0 heterocycles. The first kappa shape index (κ1) is 17.8. The summed E-state index contributed by atoms with van der Waals surface area (Å²) >= 11 is 12.0. The SMILES string of the molecule is CCCOc1ccc(NCC(C)Oc2ccc(Cl)cc2Cl)cc1. The number of halogens is 2. The van der Waals surface area contributed by atoms with Crippen molar-refractivity contribution in [2.75, 3.05) is 18.5 Å². The highest BCUT2D eigenvalue weighted by Crippen LogP contribution is 2.28. The van der Waals surface area contributed by atoms with Gasteiger partial charge in [-0.05, 0) is 55.8 Å². The van der Waals surface area contributed by atoms with Crippen molar-refractivity contribution in [2.45, 2.75) is 26.4 Å². The minimum absolute atomic E-state index is 0.0373. The second-order valence-electron chi connectivity index (χ2n) is 5.26. The Morgan fingerprint density at radius 1 is 1.09 bits per heavy atom. The number of nitrogens with one attached hydrogen (secondary N) is 1. The van der Waals surface area contributed by atoms with Crippen LogP contribution in [0.4, 0.5) is 5.69 Å². The molecule has 5 heteroatoms. The Kier molecular flexibility index (Phi) is 6.87. The van der Waals surface area contributed by atoms with Gasteiger partial charge in [-0.2, -0.15) is 0 Å². The van der Waals surface area contributed by atoms with Gasteiger partial charge in [0.25, 0.3) is 0 Å². The van der Waals surface area contributed by atoms with Crippen molar-refractivity contribution in [3.05, 3.63) is 52.5 Å². The van der Waals surface area contributed by atoms with Crippen molar-refractivity contribution in [1.29, 1.82) is 0 Å². The molecule has 124 valence electrons. The Balaban J connectivity index is 1.82. The van der Waals surface area contributed by atoms with Crippen molar-refractivity contribution in [3.8, 4) is 11.5 Å². The fraction of sp³-hybridized carbons (Fsp3) is 0.333. The first-order valence-electron chi connectivity index (χ1n) is 7.67. The Morgan fingerprint density at radius 2 is 1.83 bits per heavy atom. The first-order valence-corrected chi connectivity index (χ1v) is 8.42. The Labute approximate surface area is 147 Å². The highest BCUT2D eigenvalue weighted by atomic mass is 35.5. The minimum atomic E-state index is -0.0373. The van der Waals surface area contributed by atoms with E-state index in [1.54, 1.807) is 18.2 Å². The van der Waals surface area contributed by atoms with Gasteiger partial charge in [0.1, 0.15) is 17.6 Å². The smallest absolute Gasteiger partial charge is 0.138 e. The molecule has 2 rings (SSSR count). The van der Waals surface area contributed by atoms with Gasteiger partial charge in [-0.25, -0.2) is 0 Å². The molecule has 3 nitrogen and oxygen atoms in total. The van der Waals surface area contributed by atoms with Crippen LogP contribution in [0.25, 0.3) is 0 Å². The maximum Gasteiger partial charge on any atom is 0.138 e. The average molecular weight is 354 g/mol. The number of hydrogen-bond donors (Lipinski definition) is 1. The lowest BCUT2D eigenvalue weighted by molar-refractivity contribution is 0.235. The van der Waals surface area contributed by atoms with Crippen molar-refractivity contribution in [3.63, 3.8) is 0 Å². The van der Waals surface area contributed by atoms with E-state index in [2.05, 4.69) is 12.2 Å². The second kappa shape index (κ2) is 8.90. The molecule has 2 aromatic carbocycles. The highest BCUT2D eigenvalue weighted by molar-refractivity contribution is 6.35. The fourth-order valence-corrected chi connectivity index (χ4v) is 2.43. The van der Waals surface area contributed by atoms with Crippen molar-refractivity contribution >= 4 is 28.9 Å². The topological polar surface area (TPSA) is 30.5 Å². The summed E-state index contributed by atoms with van der Waals surface area (Å²) in [5.74, 6) is 1.52. The summed E-state index contributed by atoms with van der Waals surface area (Å²) in [6.45, 7) is 5.47. The monoisotopic (exact) mass is 353 g/mol. The molecule has 0 aromatic heterocycles. The summed E-state index contributed by atoms with van der Waals surface area (Å²) in [5.41, 5.74) is 1.02. The Bertz CT molecular complexity index is 617. The fourth-order valence-electron chi connectivity index (χ4n) is 1.98. The summed E-state index contributed by atoms with van der Waals surface area (Å²) in [6, 6.07) is 13.1. The van der Waals surface area contributed by atoms with Crippen LogP contribution in [0.15, 0.2) is 42.5 Å². The molecule has 0 fully saturated rings. The van der Waals surface area contributed by atoms with Crippen molar-refractivity contribution in [2.24, 2.45) is 0 Å². The van der Waals surface area contributed by atoms with Crippen LogP contribution in [0.3, 0.4) is 0 Å². The third-order valence-corrected chi connectivity index (χ3v) is 3.67. The van der Waals surface area contributed by atoms with Crippen LogP contribution in [-0.2, 0) is 0 Å². The summed E-state index contributed by atoms with van der Waals surface area (Å²) in [4.78, 5) is 0. The van der Waals surface area contributed by atoms with Gasteiger partial charge >= 0.3 is 0 Å². The van der Waals surface area contributed by atoms with Crippen LogP contribution in [-0.4, -0.2) is 19.3 Å². The van der Waals surface area contributed by atoms with Gasteiger partial charge in [0, 0.05) is 10.7 Å². The quantitative estimate of drug-likeness (QED) is 0.663. The van der Waals surface area contributed by atoms with Crippen LogP contribution in [0.5, 0.6) is 11.5 Å². The number of anilines is 1. The van der Waals surface area contributed by atoms with E-state index in [-0.39, 0.29) is 6.10 Å². The van der Waals surface area contributed by atoms with Crippen LogP contribution in [0.2, 0.25) is 10.0 Å². The van der Waals surface area contributed by atoms with Crippen LogP contribution in [0, 0.1) is 0 Å². The molecule has 0 amide bonds. The average Bonchev–Trinajstić information content (AvgIpc) is 2.54. The van der Waals surface area contributed by atoms with E-state index in [9.17, 15) is 0 Å². The van der Waals surface area contributed by atoms with Gasteiger partial charge in [0.2, 0.25) is 0 Å². The van der Waals surface area contributed by atoms with Crippen LogP contribution >= 0.6 is 23.2 Å². The standard InChI is InChI=1S/C18H21Cl2NO2/c1-3-10-22-16-7-5-15(6-8-16)21-12-13(2)23-18-9-4-14(19)11-17(18)20/h4-9,11,13,21H,3,10,12H2,1-2H3. The third kappa shape index (κ3) is 5.85. The largest absolute Gasteiger partial charge is 0.494 e. The molecular weight excluding hydrogens is 333 g/mol. The molecular formula is C18H21Cl2NO2. The molecule has 0 bridgehead atoms. The molecule has 0 spiro atoms. The van der Waals surface area contributed by atoms with E-state index < -0.39 is 0 Å². The molecule has 2 aromatic rings. The lowest BCUT2D eigenvalue weighted by Gasteiger charge is -2.17. The molecule has 1 N–H and O–H groups in total. The number of hydrogen-bond acceptors (Lipinski definition) is 3. The lowest BCUT2D eigenvalue weighted by atomic mass is 10.3. The van der Waals surface area contributed by atoms with Crippen molar-refractivity contribution in [1.82, 2.24) is 0 Å². The zero-order chi connectivity index (χ0) is 16.7. The van der Waals surface area contributed by atoms with E-state index in [0.29, 0.717) is 22.3 Å². The van der Waals surface area contributed by atoms with Gasteiger partial charge in [-0.3, -0.25) is 0 Å². The molecule has 0 aliphatic heterocycles. The molecule has 0 radical (unpaired) electrons. The molecule has 1 unspecified atom stereocenters. The number of ether oxygens (including phenoxy) is 2. The summed E-state index contributed by atoms with van der Waals surface area (Å²) in [5, 5.41) is 4.44. The van der Waals surface area contributed by atoms with E-state index in [1.165, 1.54) is 0 Å². The maximum absolute atomic E-state index is 6.11. The zero-order valence-electron chi connectivity index (χ0n) is 13.3. The van der Waals surface area contributed by atoms with Crippen LogP contribution < -0.4 is 14.8 Å². The van der Waals surface area contributed by atoms with Crippen molar-refractivity contribution < 1.29 is 9.47 Å². The van der Waals surface area contributed by atoms with Gasteiger partial charge in [-0.15, -0.1) is 0 Å². The zero-order valence-corrected chi connectivity index (χ0v) is 14.8. The van der Waals surface area contributed by atoms with Gasteiger partial charge in [0.05, 0.1) is 18.2 Å². The minimum Gasteiger partial charge on any atom is -0.494 e. The lowest BCUT2D eigenvalue weighted by Crippen LogP contribution is -2.22. The Morgan fingerprint density at radius 3 is 2.48 bits per heavy atom. The molecule has 0 saturated carbocycles. The summed E-state index contributed by atoms with van der Waals surface area (Å²) in [6.07, 6.45) is 0.965. The molecule has 0 aliphatic carbocycles. The summed E-state index contributed by atoms with van der Waals surface area (Å²) in [7, 11) is 0. The van der Waals surface area contributed by atoms with E-state index in [4.69, 9.17) is 32.7 Å². The predicted octanol–water partition coefficient (Wildman–Crippen LogP) is 5.66. The van der Waals surface area contributed by atoms with E-state index in [0.717, 1.165) is 24.5 Å². The second-order valence-corrected chi connectivity index (χ2v) is 6.10. The summed E-state index contributed by atoms with van der Waals surface area (Å²) < 4.78 is 11.4. The molecule has 23 heavy (non-hydrogen) atoms. The van der Waals surface area contributed by atoms with Crippen LogP contribution in [0.1, 0.15) is 20.3 Å². The predicted molar refractivity (Wildman–Crippen MR) is 97.3 cm³/mol. The van der Waals surface area contributed by atoms with Gasteiger partial charge in [0.15, 0.2) is 0 Å². The molecule has 0 saturated heterocycles. The van der Waals surface area contributed by atoms with E-state index in [1.807, 2.05) is 31.2 Å². The first-order chi connectivity index (χ1) is 11.1. The third-order valence-electron chi connectivity index (χ3n) is 3.14. The highest BCUT2D eigenvalue weighted by Gasteiger charge is 2.08. The van der Waals surface area contributed by atoms with Gasteiger partial charge < -0.3 is 14.8 Å². The number of rotatable bonds is 8. The molecule has 0 aliphatic rings. The maximum atomic E-state index is 6.11.